The molecule has 1 saturated carbocycles. The molecule has 2 heteroatoms. The van der Waals surface area contributed by atoms with Gasteiger partial charge >= 0.3 is 0 Å². The highest BCUT2D eigenvalue weighted by Gasteiger charge is 2.35. The minimum absolute atomic E-state index is 0.491. The van der Waals surface area contributed by atoms with Crippen LogP contribution in [0.5, 0.6) is 0 Å². The summed E-state index contributed by atoms with van der Waals surface area (Å²) < 4.78 is 6.75. The van der Waals surface area contributed by atoms with Crippen molar-refractivity contribution in [2.45, 2.75) is 55.2 Å². The van der Waals surface area contributed by atoms with Gasteiger partial charge < -0.3 is 4.74 Å². The molecule has 0 bridgehead atoms. The molecular formula is C10H17IO. The summed E-state index contributed by atoms with van der Waals surface area (Å²) in [5, 5.41) is 0. The van der Waals surface area contributed by atoms with Gasteiger partial charge in [-0.3, -0.25) is 0 Å². The van der Waals surface area contributed by atoms with E-state index in [4.69, 9.17) is 4.74 Å². The van der Waals surface area contributed by atoms with Crippen molar-refractivity contribution in [1.29, 1.82) is 0 Å². The van der Waals surface area contributed by atoms with Crippen molar-refractivity contribution in [1.82, 2.24) is 0 Å². The van der Waals surface area contributed by atoms with E-state index in [0.29, 0.717) is 12.2 Å². The van der Waals surface area contributed by atoms with Crippen LogP contribution in [0, 0.1) is 5.92 Å². The Morgan fingerprint density at radius 2 is 2.00 bits per heavy atom. The van der Waals surface area contributed by atoms with Crippen LogP contribution in [0.15, 0.2) is 0 Å². The highest BCUT2D eigenvalue weighted by Crippen LogP contribution is 2.38. The van der Waals surface area contributed by atoms with Gasteiger partial charge in [0.05, 0.1) is 12.2 Å². The van der Waals surface area contributed by atoms with Crippen molar-refractivity contribution in [3.63, 3.8) is 0 Å². The molecule has 1 nitrogen and oxygen atoms in total. The standard InChI is InChI=1S/C10H17IO/c1-7-9(11)6-8-4-2-3-5-10(8)12-7/h7-10H,2-6H2,1H3/t7-,8-,9+,10+/m0/s1. The summed E-state index contributed by atoms with van der Waals surface area (Å²) in [6, 6.07) is 0. The molecule has 1 heterocycles. The molecular weight excluding hydrogens is 263 g/mol. The van der Waals surface area contributed by atoms with Crippen LogP contribution in [0.25, 0.3) is 0 Å². The molecule has 0 aromatic heterocycles. The Morgan fingerprint density at radius 1 is 1.25 bits per heavy atom. The number of hydrogen-bond donors (Lipinski definition) is 0. The molecule has 0 aromatic carbocycles. The van der Waals surface area contributed by atoms with Crippen LogP contribution in [-0.2, 0) is 4.74 Å². The van der Waals surface area contributed by atoms with Crippen LogP contribution >= 0.6 is 22.6 Å². The smallest absolute Gasteiger partial charge is 0.0668 e. The minimum atomic E-state index is 0.491. The lowest BCUT2D eigenvalue weighted by molar-refractivity contribution is -0.0840. The third-order valence-electron chi connectivity index (χ3n) is 3.27. The molecule has 2 fully saturated rings. The summed E-state index contributed by atoms with van der Waals surface area (Å²) in [4.78, 5) is 0. The van der Waals surface area contributed by atoms with Gasteiger partial charge in [0.15, 0.2) is 0 Å². The Balaban J connectivity index is 1.98. The van der Waals surface area contributed by atoms with E-state index in [0.717, 1.165) is 9.84 Å². The number of rotatable bonds is 0. The molecule has 2 rings (SSSR count). The summed E-state index contributed by atoms with van der Waals surface area (Å²) >= 11 is 2.55. The first-order valence-electron chi connectivity index (χ1n) is 5.07. The molecule has 1 saturated heterocycles. The number of alkyl halides is 1. The number of ether oxygens (including phenoxy) is 1. The van der Waals surface area contributed by atoms with Gasteiger partial charge in [0.25, 0.3) is 0 Å². The summed E-state index contributed by atoms with van der Waals surface area (Å²) in [5.41, 5.74) is 0. The van der Waals surface area contributed by atoms with E-state index in [1.165, 1.54) is 32.1 Å². The zero-order valence-corrected chi connectivity index (χ0v) is 9.79. The monoisotopic (exact) mass is 280 g/mol. The van der Waals surface area contributed by atoms with Crippen LogP contribution in [0.3, 0.4) is 0 Å². The Bertz CT molecular complexity index is 142. The molecule has 0 radical (unpaired) electrons. The predicted molar refractivity (Wildman–Crippen MR) is 58.7 cm³/mol. The highest BCUT2D eigenvalue weighted by molar-refractivity contribution is 14.1. The molecule has 0 amide bonds. The van der Waals surface area contributed by atoms with E-state index >= 15 is 0 Å². The lowest BCUT2D eigenvalue weighted by atomic mass is 9.81. The molecule has 12 heavy (non-hydrogen) atoms. The molecule has 0 unspecified atom stereocenters. The average Bonchev–Trinajstić information content (AvgIpc) is 2.07. The quantitative estimate of drug-likeness (QED) is 0.489. The Labute approximate surface area is 88.4 Å². The van der Waals surface area contributed by atoms with Gasteiger partial charge in [0, 0.05) is 3.92 Å². The summed E-state index contributed by atoms with van der Waals surface area (Å²) in [6.45, 7) is 2.22. The number of halogens is 1. The van der Waals surface area contributed by atoms with E-state index < -0.39 is 0 Å². The van der Waals surface area contributed by atoms with Gasteiger partial charge in [-0.25, -0.2) is 0 Å². The Hall–Kier alpha value is 0.690. The first-order valence-corrected chi connectivity index (χ1v) is 6.31. The van der Waals surface area contributed by atoms with Gasteiger partial charge in [-0.2, -0.15) is 0 Å². The maximum absolute atomic E-state index is 5.99. The van der Waals surface area contributed by atoms with Crippen molar-refractivity contribution in [2.24, 2.45) is 5.92 Å². The van der Waals surface area contributed by atoms with Gasteiger partial charge in [-0.15, -0.1) is 0 Å². The second kappa shape index (κ2) is 3.82. The average molecular weight is 280 g/mol. The van der Waals surface area contributed by atoms with Crippen molar-refractivity contribution in [3.05, 3.63) is 0 Å². The highest BCUT2D eigenvalue weighted by atomic mass is 127. The number of hydrogen-bond acceptors (Lipinski definition) is 1. The van der Waals surface area contributed by atoms with Crippen molar-refractivity contribution >= 4 is 22.6 Å². The Kier molecular flexibility index (Phi) is 2.95. The van der Waals surface area contributed by atoms with Gasteiger partial charge in [-0.05, 0) is 32.1 Å². The van der Waals surface area contributed by atoms with E-state index in [1.54, 1.807) is 0 Å². The van der Waals surface area contributed by atoms with Crippen molar-refractivity contribution in [3.8, 4) is 0 Å². The van der Waals surface area contributed by atoms with Gasteiger partial charge in [0.2, 0.25) is 0 Å². The van der Waals surface area contributed by atoms with Crippen LogP contribution in [0.1, 0.15) is 39.0 Å². The molecule has 1 aliphatic carbocycles. The molecule has 1 aliphatic heterocycles. The van der Waals surface area contributed by atoms with Crippen molar-refractivity contribution in [2.75, 3.05) is 0 Å². The molecule has 4 atom stereocenters. The molecule has 2 aliphatic rings. The fourth-order valence-corrected chi connectivity index (χ4v) is 3.29. The topological polar surface area (TPSA) is 9.23 Å². The maximum Gasteiger partial charge on any atom is 0.0668 e. The second-order valence-electron chi connectivity index (χ2n) is 4.18. The molecule has 0 N–H and O–H groups in total. The zero-order chi connectivity index (χ0) is 8.55. The van der Waals surface area contributed by atoms with Crippen LogP contribution in [0.2, 0.25) is 0 Å². The van der Waals surface area contributed by atoms with Crippen LogP contribution in [-0.4, -0.2) is 16.1 Å². The second-order valence-corrected chi connectivity index (χ2v) is 5.78. The first-order chi connectivity index (χ1) is 5.77. The van der Waals surface area contributed by atoms with Gasteiger partial charge in [0.1, 0.15) is 0 Å². The third-order valence-corrected chi connectivity index (χ3v) is 4.79. The summed E-state index contributed by atoms with van der Waals surface area (Å²) in [5.74, 6) is 0.886. The predicted octanol–water partition coefficient (Wildman–Crippen LogP) is 3.16. The van der Waals surface area contributed by atoms with E-state index in [1.807, 2.05) is 0 Å². The van der Waals surface area contributed by atoms with Crippen LogP contribution in [0.4, 0.5) is 0 Å². The summed E-state index contributed by atoms with van der Waals surface area (Å²) in [7, 11) is 0. The van der Waals surface area contributed by atoms with E-state index in [2.05, 4.69) is 29.5 Å². The SMILES string of the molecule is C[C@@H]1O[C@@H]2CCCC[C@H]2C[C@H]1I. The fourth-order valence-electron chi connectivity index (χ4n) is 2.46. The first kappa shape index (κ1) is 9.25. The van der Waals surface area contributed by atoms with Crippen molar-refractivity contribution < 1.29 is 4.74 Å². The lowest BCUT2D eigenvalue weighted by Gasteiger charge is -2.41. The van der Waals surface area contributed by atoms with E-state index in [-0.39, 0.29) is 0 Å². The third kappa shape index (κ3) is 1.79. The van der Waals surface area contributed by atoms with Gasteiger partial charge in [-0.1, -0.05) is 35.4 Å². The normalized spacial score (nSPS) is 48.5. The Morgan fingerprint density at radius 3 is 2.83 bits per heavy atom. The molecule has 0 aromatic rings. The van der Waals surface area contributed by atoms with Crippen LogP contribution < -0.4 is 0 Å². The zero-order valence-electron chi connectivity index (χ0n) is 7.63. The largest absolute Gasteiger partial charge is 0.374 e. The molecule has 70 valence electrons. The minimum Gasteiger partial charge on any atom is -0.374 e. The number of fused-ring (bicyclic) bond motifs is 1. The van der Waals surface area contributed by atoms with E-state index in [9.17, 15) is 0 Å². The fraction of sp³-hybridized carbons (Fsp3) is 1.00. The molecule has 0 spiro atoms. The lowest BCUT2D eigenvalue weighted by Crippen LogP contribution is -2.41. The summed E-state index contributed by atoms with van der Waals surface area (Å²) in [6.07, 6.45) is 8.05. The maximum atomic E-state index is 5.99.